The number of quaternary nitrogens is 1. The molecular formula is C6H8N3S+. The maximum Gasteiger partial charge on any atom is 0.194 e. The van der Waals surface area contributed by atoms with E-state index in [1.807, 2.05) is 22.2 Å². The topological polar surface area (TPSA) is 44.9 Å². The van der Waals surface area contributed by atoms with Gasteiger partial charge in [0.2, 0.25) is 0 Å². The van der Waals surface area contributed by atoms with Crippen molar-refractivity contribution in [2.24, 2.45) is 0 Å². The van der Waals surface area contributed by atoms with Crippen LogP contribution in [-0.2, 0) is 6.54 Å². The Kier molecular flexibility index (Phi) is 1.22. The van der Waals surface area contributed by atoms with Crippen LogP contribution in [0.1, 0.15) is 5.69 Å². The molecule has 0 saturated carbocycles. The predicted molar refractivity (Wildman–Crippen MR) is 39.7 cm³/mol. The molecule has 2 aromatic rings. The highest BCUT2D eigenvalue weighted by atomic mass is 32.1. The zero-order valence-corrected chi connectivity index (χ0v) is 6.27. The number of fused-ring (bicyclic) bond motifs is 1. The van der Waals surface area contributed by atoms with Crippen LogP contribution in [0.5, 0.6) is 0 Å². The molecule has 0 atom stereocenters. The third-order valence-electron chi connectivity index (χ3n) is 1.40. The Balaban J connectivity index is 2.67. The lowest BCUT2D eigenvalue weighted by molar-refractivity contribution is -0.387. The molecule has 2 heterocycles. The Morgan fingerprint density at radius 3 is 3.30 bits per heavy atom. The average Bonchev–Trinajstić information content (AvgIpc) is 2.42. The zero-order chi connectivity index (χ0) is 6.97. The van der Waals surface area contributed by atoms with Crippen molar-refractivity contribution >= 4 is 16.3 Å². The highest BCUT2D eigenvalue weighted by molar-refractivity contribution is 7.15. The van der Waals surface area contributed by atoms with E-state index in [0.717, 1.165) is 17.2 Å². The molecule has 0 aliphatic carbocycles. The van der Waals surface area contributed by atoms with Crippen LogP contribution in [-0.4, -0.2) is 9.38 Å². The largest absolute Gasteiger partial charge is 0.352 e. The smallest absolute Gasteiger partial charge is 0.194 e. The first kappa shape index (κ1) is 5.88. The van der Waals surface area contributed by atoms with Gasteiger partial charge in [-0.25, -0.2) is 4.98 Å². The highest BCUT2D eigenvalue weighted by Gasteiger charge is 1.99. The van der Waals surface area contributed by atoms with E-state index in [0.29, 0.717) is 0 Å². The maximum atomic E-state index is 4.31. The fourth-order valence-corrected chi connectivity index (χ4v) is 1.62. The van der Waals surface area contributed by atoms with Crippen LogP contribution in [0.2, 0.25) is 0 Å². The van der Waals surface area contributed by atoms with Gasteiger partial charge in [-0.2, -0.15) is 0 Å². The second-order valence-electron chi connectivity index (χ2n) is 2.08. The lowest BCUT2D eigenvalue weighted by atomic mass is 10.5. The molecule has 0 spiro atoms. The summed E-state index contributed by atoms with van der Waals surface area (Å²) in [4.78, 5) is 5.36. The summed E-state index contributed by atoms with van der Waals surface area (Å²) in [7, 11) is 0. The van der Waals surface area contributed by atoms with Crippen molar-refractivity contribution in [3.63, 3.8) is 0 Å². The first-order chi connectivity index (χ1) is 4.90. The quantitative estimate of drug-likeness (QED) is 0.624. The van der Waals surface area contributed by atoms with Crippen molar-refractivity contribution in [3.05, 3.63) is 23.5 Å². The Bertz CT molecular complexity index is 307. The summed E-state index contributed by atoms with van der Waals surface area (Å²) in [6.07, 6.45) is 4.02. The lowest BCUT2D eigenvalue weighted by Gasteiger charge is -1.77. The molecule has 2 rings (SSSR count). The second-order valence-corrected chi connectivity index (χ2v) is 2.95. The summed E-state index contributed by atoms with van der Waals surface area (Å²) in [5, 5.41) is 2.02. The molecule has 3 N–H and O–H groups in total. The maximum absolute atomic E-state index is 4.31. The van der Waals surface area contributed by atoms with Gasteiger partial charge in [-0.15, -0.1) is 11.3 Å². The zero-order valence-electron chi connectivity index (χ0n) is 5.45. The lowest BCUT2D eigenvalue weighted by Crippen LogP contribution is -2.47. The van der Waals surface area contributed by atoms with Crippen LogP contribution < -0.4 is 5.73 Å². The summed E-state index contributed by atoms with van der Waals surface area (Å²) in [6.45, 7) is 0.772. The van der Waals surface area contributed by atoms with Crippen LogP contribution >= 0.6 is 11.3 Å². The van der Waals surface area contributed by atoms with E-state index in [1.54, 1.807) is 11.3 Å². The Morgan fingerprint density at radius 1 is 1.70 bits per heavy atom. The van der Waals surface area contributed by atoms with E-state index in [2.05, 4.69) is 10.7 Å². The van der Waals surface area contributed by atoms with Gasteiger partial charge >= 0.3 is 0 Å². The van der Waals surface area contributed by atoms with E-state index in [4.69, 9.17) is 0 Å². The van der Waals surface area contributed by atoms with E-state index >= 15 is 0 Å². The van der Waals surface area contributed by atoms with Crippen LogP contribution in [0.3, 0.4) is 0 Å². The van der Waals surface area contributed by atoms with E-state index in [1.165, 1.54) is 0 Å². The second kappa shape index (κ2) is 2.07. The van der Waals surface area contributed by atoms with Gasteiger partial charge in [-0.05, 0) is 0 Å². The van der Waals surface area contributed by atoms with E-state index < -0.39 is 0 Å². The van der Waals surface area contributed by atoms with Crippen molar-refractivity contribution in [2.45, 2.75) is 6.54 Å². The molecule has 0 aromatic carbocycles. The summed E-state index contributed by atoms with van der Waals surface area (Å²) in [5.41, 5.74) is 4.82. The third-order valence-corrected chi connectivity index (χ3v) is 2.17. The summed E-state index contributed by atoms with van der Waals surface area (Å²) in [6, 6.07) is 0. The molecule has 0 saturated heterocycles. The third kappa shape index (κ3) is 0.732. The number of thiazole rings is 1. The van der Waals surface area contributed by atoms with E-state index in [9.17, 15) is 0 Å². The van der Waals surface area contributed by atoms with Crippen LogP contribution in [0.4, 0.5) is 0 Å². The molecule has 4 heteroatoms. The van der Waals surface area contributed by atoms with Crippen LogP contribution in [0, 0.1) is 0 Å². The van der Waals surface area contributed by atoms with Gasteiger partial charge in [-0.1, -0.05) is 0 Å². The standard InChI is InChI=1S/C6H7N3S/c7-3-5-4-9-1-2-10-6(9)8-5/h1-2,4H,3,7H2/p+1. The van der Waals surface area contributed by atoms with Crippen LogP contribution in [0.15, 0.2) is 17.8 Å². The number of imidazole rings is 1. The van der Waals surface area contributed by atoms with Gasteiger partial charge in [0.25, 0.3) is 0 Å². The molecular weight excluding hydrogens is 146 g/mol. The van der Waals surface area contributed by atoms with E-state index in [-0.39, 0.29) is 0 Å². The minimum atomic E-state index is 0.772. The van der Waals surface area contributed by atoms with Crippen molar-refractivity contribution in [3.8, 4) is 0 Å². The molecule has 0 amide bonds. The number of hydrogen-bond donors (Lipinski definition) is 1. The van der Waals surface area contributed by atoms with Gasteiger partial charge in [0, 0.05) is 17.8 Å². The molecule has 2 aromatic heterocycles. The molecule has 0 fully saturated rings. The minimum absolute atomic E-state index is 0.772. The van der Waals surface area contributed by atoms with Gasteiger partial charge in [0.1, 0.15) is 12.2 Å². The fraction of sp³-hybridized carbons (Fsp3) is 0.167. The predicted octanol–water partition coefficient (Wildman–Crippen LogP) is 0.138. The van der Waals surface area contributed by atoms with Crippen molar-refractivity contribution in [1.29, 1.82) is 0 Å². The average molecular weight is 154 g/mol. The van der Waals surface area contributed by atoms with Crippen molar-refractivity contribution in [1.82, 2.24) is 9.38 Å². The monoisotopic (exact) mass is 154 g/mol. The summed E-state index contributed by atoms with van der Waals surface area (Å²) in [5.74, 6) is 0. The first-order valence-corrected chi connectivity index (χ1v) is 3.98. The molecule has 0 radical (unpaired) electrons. The van der Waals surface area contributed by atoms with Crippen molar-refractivity contribution < 1.29 is 5.73 Å². The number of rotatable bonds is 1. The van der Waals surface area contributed by atoms with Crippen LogP contribution in [0.25, 0.3) is 4.96 Å². The number of hydrogen-bond acceptors (Lipinski definition) is 2. The summed E-state index contributed by atoms with van der Waals surface area (Å²) >= 11 is 1.65. The highest BCUT2D eigenvalue weighted by Crippen LogP contribution is 2.09. The Morgan fingerprint density at radius 2 is 2.60 bits per heavy atom. The summed E-state index contributed by atoms with van der Waals surface area (Å²) < 4.78 is 2.02. The Labute approximate surface area is 62.1 Å². The number of nitrogens with zero attached hydrogens (tertiary/aromatic N) is 2. The SMILES string of the molecule is [NH3+]Cc1cn2ccsc2n1. The Hall–Kier alpha value is -0.870. The molecule has 3 nitrogen and oxygen atoms in total. The van der Waals surface area contributed by atoms with Gasteiger partial charge in [0.15, 0.2) is 4.96 Å². The molecule has 0 unspecified atom stereocenters. The minimum Gasteiger partial charge on any atom is -0.352 e. The molecule has 0 aliphatic rings. The fourth-order valence-electron chi connectivity index (χ4n) is 0.897. The normalized spacial score (nSPS) is 10.9. The van der Waals surface area contributed by atoms with Gasteiger partial charge in [0.05, 0.1) is 0 Å². The molecule has 52 valence electrons. The van der Waals surface area contributed by atoms with Gasteiger partial charge in [-0.3, -0.25) is 4.40 Å². The number of aromatic nitrogens is 2. The molecule has 0 bridgehead atoms. The first-order valence-electron chi connectivity index (χ1n) is 3.10. The van der Waals surface area contributed by atoms with Gasteiger partial charge < -0.3 is 5.73 Å². The molecule has 10 heavy (non-hydrogen) atoms. The van der Waals surface area contributed by atoms with Crippen molar-refractivity contribution in [2.75, 3.05) is 0 Å². The molecule has 0 aliphatic heterocycles.